The van der Waals surface area contributed by atoms with Crippen molar-refractivity contribution in [1.29, 1.82) is 0 Å². The van der Waals surface area contributed by atoms with Crippen LogP contribution in [0.4, 0.5) is 5.69 Å². The number of hydrogen-bond donors (Lipinski definition) is 2. The second-order valence-corrected chi connectivity index (χ2v) is 5.42. The zero-order chi connectivity index (χ0) is 12.7. The van der Waals surface area contributed by atoms with Crippen LogP contribution in [0.3, 0.4) is 0 Å². The van der Waals surface area contributed by atoms with Crippen molar-refractivity contribution in [2.45, 2.75) is 32.7 Å². The highest BCUT2D eigenvalue weighted by atomic mass is 15.2. The molecule has 0 aliphatic carbocycles. The molecule has 0 spiro atoms. The van der Waals surface area contributed by atoms with Gasteiger partial charge in [0.2, 0.25) is 0 Å². The summed E-state index contributed by atoms with van der Waals surface area (Å²) in [5, 5.41) is 1.36. The van der Waals surface area contributed by atoms with Gasteiger partial charge in [0.05, 0.1) is 0 Å². The summed E-state index contributed by atoms with van der Waals surface area (Å²) in [4.78, 5) is 5.90. The lowest BCUT2D eigenvalue weighted by molar-refractivity contribution is 0.507. The molecule has 0 bridgehead atoms. The van der Waals surface area contributed by atoms with Crippen molar-refractivity contribution < 1.29 is 0 Å². The van der Waals surface area contributed by atoms with Gasteiger partial charge >= 0.3 is 0 Å². The maximum Gasteiger partial charge on any atom is 0.0479 e. The van der Waals surface area contributed by atoms with E-state index >= 15 is 0 Å². The van der Waals surface area contributed by atoms with Gasteiger partial charge in [-0.3, -0.25) is 0 Å². The summed E-state index contributed by atoms with van der Waals surface area (Å²) < 4.78 is 0. The molecule has 3 rings (SSSR count). The molecule has 3 heteroatoms. The molecule has 1 fully saturated rings. The molecule has 2 aromatic rings. The van der Waals surface area contributed by atoms with E-state index in [1.165, 1.54) is 34.3 Å². The summed E-state index contributed by atoms with van der Waals surface area (Å²) in [6, 6.07) is 6.82. The fourth-order valence-electron chi connectivity index (χ4n) is 3.01. The van der Waals surface area contributed by atoms with Crippen LogP contribution in [0.5, 0.6) is 0 Å². The predicted molar refractivity (Wildman–Crippen MR) is 77.2 cm³/mol. The molecule has 3 N–H and O–H groups in total. The highest BCUT2D eigenvalue weighted by Crippen LogP contribution is 2.32. The number of H-pyrrole nitrogens is 1. The predicted octanol–water partition coefficient (Wildman–Crippen LogP) is 2.71. The SMILES string of the molecule is Cc1[nH]c2cccc(N3CCCC(N)C3)c2c1C. The minimum Gasteiger partial charge on any atom is -0.369 e. The van der Waals surface area contributed by atoms with Crippen LogP contribution >= 0.6 is 0 Å². The number of nitrogens with zero attached hydrogens (tertiary/aromatic N) is 1. The van der Waals surface area contributed by atoms with E-state index < -0.39 is 0 Å². The summed E-state index contributed by atoms with van der Waals surface area (Å²) in [5.74, 6) is 0. The minimum absolute atomic E-state index is 0.314. The van der Waals surface area contributed by atoms with Gasteiger partial charge in [-0.2, -0.15) is 0 Å². The van der Waals surface area contributed by atoms with Gasteiger partial charge in [-0.25, -0.2) is 0 Å². The smallest absolute Gasteiger partial charge is 0.0479 e. The van der Waals surface area contributed by atoms with E-state index in [0.29, 0.717) is 6.04 Å². The number of aromatic nitrogens is 1. The second-order valence-electron chi connectivity index (χ2n) is 5.42. The van der Waals surface area contributed by atoms with Crippen LogP contribution in [0.25, 0.3) is 10.9 Å². The molecule has 0 radical (unpaired) electrons. The summed E-state index contributed by atoms with van der Waals surface area (Å²) >= 11 is 0. The third-order valence-corrected chi connectivity index (χ3v) is 4.10. The second kappa shape index (κ2) is 4.32. The van der Waals surface area contributed by atoms with Crippen LogP contribution in [0.2, 0.25) is 0 Å². The number of rotatable bonds is 1. The number of hydrogen-bond acceptors (Lipinski definition) is 2. The van der Waals surface area contributed by atoms with Crippen molar-refractivity contribution in [2.75, 3.05) is 18.0 Å². The normalized spacial score (nSPS) is 20.6. The molecule has 1 aliphatic rings. The van der Waals surface area contributed by atoms with Crippen LogP contribution in [-0.4, -0.2) is 24.1 Å². The van der Waals surface area contributed by atoms with Gasteiger partial charge in [0.25, 0.3) is 0 Å². The van der Waals surface area contributed by atoms with E-state index in [-0.39, 0.29) is 0 Å². The van der Waals surface area contributed by atoms with Gasteiger partial charge < -0.3 is 15.6 Å². The van der Waals surface area contributed by atoms with Crippen LogP contribution < -0.4 is 10.6 Å². The number of piperidine rings is 1. The van der Waals surface area contributed by atoms with Crippen molar-refractivity contribution in [1.82, 2.24) is 4.98 Å². The Morgan fingerprint density at radius 2 is 2.17 bits per heavy atom. The molecule has 2 heterocycles. The highest BCUT2D eigenvalue weighted by Gasteiger charge is 2.20. The van der Waals surface area contributed by atoms with Crippen molar-refractivity contribution >= 4 is 16.6 Å². The number of fused-ring (bicyclic) bond motifs is 1. The fraction of sp³-hybridized carbons (Fsp3) is 0.467. The summed E-state index contributed by atoms with van der Waals surface area (Å²) in [5.41, 5.74) is 11.3. The number of benzene rings is 1. The van der Waals surface area contributed by atoms with Crippen molar-refractivity contribution in [3.05, 3.63) is 29.5 Å². The van der Waals surface area contributed by atoms with Crippen molar-refractivity contribution in [3.8, 4) is 0 Å². The summed E-state index contributed by atoms with van der Waals surface area (Å²) in [7, 11) is 0. The fourth-order valence-corrected chi connectivity index (χ4v) is 3.01. The lowest BCUT2D eigenvalue weighted by atomic mass is 10.0. The Morgan fingerprint density at radius 1 is 1.33 bits per heavy atom. The monoisotopic (exact) mass is 243 g/mol. The van der Waals surface area contributed by atoms with E-state index in [1.54, 1.807) is 0 Å². The third kappa shape index (κ3) is 1.79. The van der Waals surface area contributed by atoms with E-state index in [4.69, 9.17) is 5.73 Å². The Bertz CT molecular complexity index is 570. The molecule has 0 saturated carbocycles. The first-order valence-corrected chi connectivity index (χ1v) is 6.75. The average molecular weight is 243 g/mol. The van der Waals surface area contributed by atoms with E-state index in [2.05, 4.69) is 41.9 Å². The summed E-state index contributed by atoms with van der Waals surface area (Å²) in [6.45, 7) is 6.43. The maximum atomic E-state index is 6.10. The Balaban J connectivity index is 2.10. The van der Waals surface area contributed by atoms with Gasteiger partial charge in [0, 0.05) is 41.4 Å². The van der Waals surface area contributed by atoms with Crippen LogP contribution in [0.1, 0.15) is 24.1 Å². The first-order chi connectivity index (χ1) is 8.66. The minimum atomic E-state index is 0.314. The van der Waals surface area contributed by atoms with Crippen molar-refractivity contribution in [3.63, 3.8) is 0 Å². The standard InChI is InChI=1S/C15H21N3/c1-10-11(2)17-13-6-3-7-14(15(10)13)18-8-4-5-12(16)9-18/h3,6-7,12,17H,4-5,8-9,16H2,1-2H3. The maximum absolute atomic E-state index is 6.10. The molecule has 3 nitrogen and oxygen atoms in total. The molecule has 18 heavy (non-hydrogen) atoms. The first-order valence-electron chi connectivity index (χ1n) is 6.75. The Kier molecular flexibility index (Phi) is 2.78. The highest BCUT2D eigenvalue weighted by molar-refractivity contribution is 5.96. The molecule has 1 aliphatic heterocycles. The molecule has 1 aromatic carbocycles. The molecular formula is C15H21N3. The zero-order valence-electron chi connectivity index (χ0n) is 11.2. The van der Waals surface area contributed by atoms with Crippen LogP contribution in [-0.2, 0) is 0 Å². The third-order valence-electron chi connectivity index (χ3n) is 4.10. The van der Waals surface area contributed by atoms with Crippen LogP contribution in [0.15, 0.2) is 18.2 Å². The lowest BCUT2D eigenvalue weighted by Crippen LogP contribution is -2.42. The number of nitrogens with one attached hydrogen (secondary N) is 1. The van der Waals surface area contributed by atoms with Gasteiger partial charge in [0.15, 0.2) is 0 Å². The first kappa shape index (κ1) is 11.6. The van der Waals surface area contributed by atoms with E-state index in [0.717, 1.165) is 19.5 Å². The largest absolute Gasteiger partial charge is 0.369 e. The molecule has 1 saturated heterocycles. The molecule has 1 atom stereocenters. The average Bonchev–Trinajstić information content (AvgIpc) is 2.65. The number of aromatic amines is 1. The molecule has 96 valence electrons. The molecule has 1 aromatic heterocycles. The van der Waals surface area contributed by atoms with Gasteiger partial charge in [-0.05, 0) is 44.4 Å². The van der Waals surface area contributed by atoms with Crippen LogP contribution in [0, 0.1) is 13.8 Å². The summed E-state index contributed by atoms with van der Waals surface area (Å²) in [6.07, 6.45) is 2.34. The number of aryl methyl sites for hydroxylation is 2. The van der Waals surface area contributed by atoms with Gasteiger partial charge in [-0.15, -0.1) is 0 Å². The van der Waals surface area contributed by atoms with E-state index in [1.807, 2.05) is 0 Å². The van der Waals surface area contributed by atoms with Crippen molar-refractivity contribution in [2.24, 2.45) is 5.73 Å². The number of nitrogens with two attached hydrogens (primary N) is 1. The lowest BCUT2D eigenvalue weighted by Gasteiger charge is -2.33. The van der Waals surface area contributed by atoms with Gasteiger partial charge in [0.1, 0.15) is 0 Å². The molecule has 0 amide bonds. The quantitative estimate of drug-likeness (QED) is 0.809. The van der Waals surface area contributed by atoms with Gasteiger partial charge in [-0.1, -0.05) is 6.07 Å². The number of anilines is 1. The Hall–Kier alpha value is -1.48. The molecular weight excluding hydrogens is 222 g/mol. The van der Waals surface area contributed by atoms with E-state index in [9.17, 15) is 0 Å². The topological polar surface area (TPSA) is 45.0 Å². The Morgan fingerprint density at radius 3 is 2.94 bits per heavy atom. The zero-order valence-corrected chi connectivity index (χ0v) is 11.2. The molecule has 1 unspecified atom stereocenters. The Labute approximate surface area is 108 Å².